The zero-order chi connectivity index (χ0) is 36.0. The molecule has 3 N–H and O–H groups in total. The average Bonchev–Trinajstić information content (AvgIpc) is 3.43. The Labute approximate surface area is 305 Å². The normalized spacial score (nSPS) is 24.3. The smallest absolute Gasteiger partial charge is 0.482 e. The summed E-state index contributed by atoms with van der Waals surface area (Å²) in [5.74, 6) is -1.42. The number of carbonyl (C=O) groups excluding carboxylic acids is 2. The number of para-hydroxylation sites is 1. The molecule has 6 atom stereocenters. The monoisotopic (exact) mass is 723 g/mol. The summed E-state index contributed by atoms with van der Waals surface area (Å²) < 4.78 is 45.8. The highest BCUT2D eigenvalue weighted by atomic mass is 35.5. The Morgan fingerprint density at radius 1 is 1.12 bits per heavy atom. The predicted octanol–water partition coefficient (Wildman–Crippen LogP) is 6.18. The molecule has 51 heavy (non-hydrogen) atoms. The Morgan fingerprint density at radius 2 is 1.84 bits per heavy atom. The van der Waals surface area contributed by atoms with Crippen molar-refractivity contribution < 1.29 is 37.5 Å². The van der Waals surface area contributed by atoms with Crippen LogP contribution in [0.2, 0.25) is 0 Å². The first-order valence-corrected chi connectivity index (χ1v) is 17.2. The fourth-order valence-corrected chi connectivity index (χ4v) is 7.88. The van der Waals surface area contributed by atoms with Gasteiger partial charge in [0, 0.05) is 6.07 Å². The molecular weight excluding hydrogens is 676 g/mol. The number of methoxy groups -OCH3 is 1. The van der Waals surface area contributed by atoms with E-state index in [4.69, 9.17) is 29.3 Å². The van der Waals surface area contributed by atoms with Gasteiger partial charge in [-0.3, -0.25) is 9.78 Å². The van der Waals surface area contributed by atoms with Gasteiger partial charge in [-0.2, -0.15) is 0 Å². The number of carbonyl (C=O) groups is 2. The molecule has 4 fully saturated rings. The van der Waals surface area contributed by atoms with E-state index in [2.05, 4.69) is 31.1 Å². The van der Waals surface area contributed by atoms with Crippen LogP contribution in [0, 0.1) is 23.1 Å². The van der Waals surface area contributed by atoms with E-state index in [1.165, 1.54) is 19.4 Å². The number of nitrogens with two attached hydrogens (primary N) is 1. The Kier molecular flexibility index (Phi) is 11.1. The summed E-state index contributed by atoms with van der Waals surface area (Å²) >= 11 is 0. The Bertz CT molecular complexity index is 1740. The predicted molar refractivity (Wildman–Crippen MR) is 193 cm³/mol. The molecule has 1 aliphatic heterocycles. The lowest BCUT2D eigenvalue weighted by molar-refractivity contribution is -0.199. The number of hydrogen-bond acceptors (Lipinski definition) is 9. The molecule has 3 aromatic rings. The quantitative estimate of drug-likeness (QED) is 0.176. The van der Waals surface area contributed by atoms with Gasteiger partial charge < -0.3 is 34.6 Å². The summed E-state index contributed by atoms with van der Waals surface area (Å²) in [5, 5.41) is 2.98. The number of aromatic nitrogens is 1. The number of halogens is 2. The number of esters is 1. The van der Waals surface area contributed by atoms with Gasteiger partial charge in [-0.25, -0.2) is 9.18 Å². The van der Waals surface area contributed by atoms with Crippen LogP contribution in [0.5, 0.6) is 11.5 Å². The lowest BCUT2D eigenvalue weighted by Gasteiger charge is -2.64. The molecule has 0 radical (unpaired) electrons. The first-order chi connectivity index (χ1) is 23.6. The molecule has 3 aliphatic carbocycles. The van der Waals surface area contributed by atoms with Crippen molar-refractivity contribution in [2.45, 2.75) is 96.7 Å². The van der Waals surface area contributed by atoms with Gasteiger partial charge in [0.05, 0.1) is 31.0 Å². The molecule has 2 aromatic carbocycles. The van der Waals surface area contributed by atoms with Crippen molar-refractivity contribution in [3.05, 3.63) is 89.0 Å². The van der Waals surface area contributed by atoms with E-state index in [1.54, 1.807) is 32.9 Å². The average molecular weight is 724 g/mol. The van der Waals surface area contributed by atoms with E-state index in [0.29, 0.717) is 17.2 Å². The van der Waals surface area contributed by atoms with E-state index in [0.717, 1.165) is 18.4 Å². The summed E-state index contributed by atoms with van der Waals surface area (Å²) in [6, 6.07) is 14.4. The van der Waals surface area contributed by atoms with Gasteiger partial charge in [-0.1, -0.05) is 56.3 Å². The van der Waals surface area contributed by atoms with Crippen LogP contribution < -0.4 is 20.5 Å². The van der Waals surface area contributed by atoms with Crippen LogP contribution in [0.15, 0.2) is 60.8 Å². The summed E-state index contributed by atoms with van der Waals surface area (Å²) in [6.45, 7) is 12.2. The van der Waals surface area contributed by atoms with Gasteiger partial charge in [0.25, 0.3) is 0 Å². The highest BCUT2D eigenvalue weighted by Crippen LogP contribution is 2.65. The van der Waals surface area contributed by atoms with Gasteiger partial charge in [-0.05, 0) is 81.4 Å². The van der Waals surface area contributed by atoms with Crippen molar-refractivity contribution in [2.24, 2.45) is 23.0 Å². The highest BCUT2D eigenvalue weighted by molar-refractivity contribution is 6.48. The van der Waals surface area contributed by atoms with Crippen molar-refractivity contribution in [3.8, 4) is 11.5 Å². The molecule has 1 saturated heterocycles. The highest BCUT2D eigenvalue weighted by Gasteiger charge is 2.68. The molecule has 13 heteroatoms. The minimum Gasteiger partial charge on any atom is -0.496 e. The molecule has 7 rings (SSSR count). The molecule has 0 spiro atoms. The molecule has 1 aromatic heterocycles. The summed E-state index contributed by atoms with van der Waals surface area (Å²) in [7, 11) is 0.628. The molecule has 2 heterocycles. The van der Waals surface area contributed by atoms with Crippen LogP contribution >= 0.6 is 12.4 Å². The minimum atomic E-state index is -1.44. The molecule has 1 amide bonds. The molecular formula is C38H48BClFN3O7. The van der Waals surface area contributed by atoms with Gasteiger partial charge in [0.15, 0.2) is 5.82 Å². The van der Waals surface area contributed by atoms with E-state index in [-0.39, 0.29) is 59.9 Å². The molecule has 274 valence electrons. The van der Waals surface area contributed by atoms with Crippen LogP contribution in [-0.4, -0.2) is 54.3 Å². The van der Waals surface area contributed by atoms with Gasteiger partial charge in [0.1, 0.15) is 41.0 Å². The van der Waals surface area contributed by atoms with Crippen LogP contribution in [0.3, 0.4) is 0 Å². The number of amides is 1. The third-order valence-corrected chi connectivity index (χ3v) is 10.7. The maximum atomic E-state index is 15.4. The van der Waals surface area contributed by atoms with Crippen LogP contribution in [0.25, 0.3) is 0 Å². The Balaban J connectivity index is 0.00000504. The summed E-state index contributed by atoms with van der Waals surface area (Å²) in [4.78, 5) is 31.1. The van der Waals surface area contributed by atoms with Crippen LogP contribution in [0.4, 0.5) is 4.39 Å². The first kappa shape index (κ1) is 38.5. The maximum absolute atomic E-state index is 15.4. The zero-order valence-corrected chi connectivity index (χ0v) is 31.1. The number of hydrogen-bond donors (Lipinski definition) is 2. The molecule has 2 bridgehead atoms. The lowest BCUT2D eigenvalue weighted by atomic mass is 9.43. The topological polar surface area (TPSA) is 131 Å². The van der Waals surface area contributed by atoms with Crippen molar-refractivity contribution in [3.63, 3.8) is 0 Å². The number of ether oxygens (including phenoxy) is 3. The third kappa shape index (κ3) is 7.75. The molecule has 1 unspecified atom stereocenters. The molecule has 3 saturated carbocycles. The molecule has 10 nitrogen and oxygen atoms in total. The number of nitrogens with zero attached hydrogens (tertiary/aromatic N) is 1. The van der Waals surface area contributed by atoms with Gasteiger partial charge in [0.2, 0.25) is 5.91 Å². The zero-order valence-electron chi connectivity index (χ0n) is 30.2. The second-order valence-corrected chi connectivity index (χ2v) is 15.4. The van der Waals surface area contributed by atoms with E-state index < -0.39 is 48.0 Å². The van der Waals surface area contributed by atoms with Gasteiger partial charge in [-0.15, -0.1) is 12.4 Å². The maximum Gasteiger partial charge on any atom is 0.482 e. The van der Waals surface area contributed by atoms with Crippen molar-refractivity contribution in [2.75, 3.05) is 7.11 Å². The third-order valence-electron chi connectivity index (χ3n) is 10.7. The minimum absolute atomic E-state index is 0. The lowest BCUT2D eigenvalue weighted by Crippen LogP contribution is -2.65. The van der Waals surface area contributed by atoms with Gasteiger partial charge >= 0.3 is 13.1 Å². The fourth-order valence-electron chi connectivity index (χ4n) is 7.88. The fraction of sp³-hybridized carbons (Fsp3) is 0.500. The van der Waals surface area contributed by atoms with E-state index in [9.17, 15) is 9.59 Å². The number of nitrogens with one attached hydrogen (secondary N) is 1. The van der Waals surface area contributed by atoms with Crippen LogP contribution in [-0.2, 0) is 31.9 Å². The Hall–Kier alpha value is -3.71. The Morgan fingerprint density at radius 3 is 2.49 bits per heavy atom. The molecule has 4 aliphatic rings. The van der Waals surface area contributed by atoms with Crippen molar-refractivity contribution >= 4 is 31.4 Å². The van der Waals surface area contributed by atoms with Crippen molar-refractivity contribution in [1.82, 2.24) is 10.3 Å². The second-order valence-electron chi connectivity index (χ2n) is 15.4. The standard InChI is InChI=1S/C38H47BFN3O7.ClH/c1-36(2,3)48-35(45)26-15-11-14-23(33(26)46-7)16-30(39-49-29-18-24-17-28(37(24,4)5)38(29,6)50-39)43-34(44)31(41)32-27(40)19-25(20-42-32)47-21-22-12-9-8-10-13-22;/h8-15,19-20,24,28-31H,16-18,21,41H2,1-7H3,(H,43,44);1H/t24-,28-,29+,30-,31?,38-;/m0./s1. The SMILES string of the molecule is COc1c(C[C@H](NC(=O)C(N)c2ncc(OCc3ccccc3)cc2F)B2O[C@@H]3C[C@@H]4C[C@@H](C4(C)C)[C@]3(C)O2)cccc1C(=O)OC(C)(C)C.Cl. The van der Waals surface area contributed by atoms with E-state index >= 15 is 4.39 Å². The summed E-state index contributed by atoms with van der Waals surface area (Å²) in [6.07, 6.45) is 3.25. The number of pyridine rings is 1. The number of rotatable bonds is 11. The van der Waals surface area contributed by atoms with Crippen LogP contribution in [0.1, 0.15) is 87.6 Å². The largest absolute Gasteiger partial charge is 0.496 e. The second kappa shape index (κ2) is 14.7. The van der Waals surface area contributed by atoms with Crippen molar-refractivity contribution in [1.29, 1.82) is 0 Å². The van der Waals surface area contributed by atoms with E-state index in [1.807, 2.05) is 36.4 Å². The number of benzene rings is 2. The summed E-state index contributed by atoms with van der Waals surface area (Å²) in [5.41, 5.74) is 6.75. The first-order valence-electron chi connectivity index (χ1n) is 17.2.